The standard InChI is InChI=1S/C26H26ClFN4O2/c1-15-10-11-17(16(2)12-15)13-18-14-33-32-25(29-18)23-19-6-3-4-8-21(19)30-31-26(23)34-22-9-5-7-20(27)24(22)28/h5,7,9-12,18H,3-4,6,8,13-14H2,1-2H3,(H,29,32)/t18-/m1/s1. The molecule has 0 unspecified atom stereocenters. The molecule has 5 rings (SSSR count). The quantitative estimate of drug-likeness (QED) is 0.526. The number of benzene rings is 2. The Hall–Kier alpha value is -3.19. The van der Waals surface area contributed by atoms with E-state index in [1.807, 2.05) is 0 Å². The third kappa shape index (κ3) is 4.57. The zero-order chi connectivity index (χ0) is 23.7. The molecule has 0 amide bonds. The van der Waals surface area contributed by atoms with Gasteiger partial charge in [-0.2, -0.15) is 5.10 Å². The van der Waals surface area contributed by atoms with E-state index in [-0.39, 0.29) is 22.7 Å². The van der Waals surface area contributed by atoms with Crippen LogP contribution in [-0.4, -0.2) is 28.7 Å². The fourth-order valence-corrected chi connectivity index (χ4v) is 4.72. The predicted octanol–water partition coefficient (Wildman–Crippen LogP) is 5.45. The first-order chi connectivity index (χ1) is 16.5. The Labute approximate surface area is 203 Å². The Bertz CT molecular complexity index is 1260. The number of fused-ring (bicyclic) bond motifs is 1. The van der Waals surface area contributed by atoms with Crippen LogP contribution in [0.5, 0.6) is 11.6 Å². The second kappa shape index (κ2) is 9.58. The number of nitrogens with one attached hydrogen (secondary N) is 1. The van der Waals surface area contributed by atoms with Crippen molar-refractivity contribution in [3.05, 3.63) is 80.7 Å². The second-order valence-corrected chi connectivity index (χ2v) is 9.28. The molecule has 1 atom stereocenters. The van der Waals surface area contributed by atoms with Gasteiger partial charge in [0.2, 0.25) is 0 Å². The molecule has 2 aromatic carbocycles. The summed E-state index contributed by atoms with van der Waals surface area (Å²) in [5.41, 5.74) is 6.34. The molecule has 0 radical (unpaired) electrons. The summed E-state index contributed by atoms with van der Waals surface area (Å²) in [6.45, 7) is 4.65. The van der Waals surface area contributed by atoms with Gasteiger partial charge in [-0.15, -0.1) is 5.10 Å². The third-order valence-electron chi connectivity index (χ3n) is 6.31. The molecule has 0 fully saturated rings. The topological polar surface area (TPSA) is 68.6 Å². The Balaban J connectivity index is 1.49. The monoisotopic (exact) mass is 480 g/mol. The molecule has 176 valence electrons. The minimum atomic E-state index is -0.642. The van der Waals surface area contributed by atoms with E-state index >= 15 is 0 Å². The normalized spacial score (nSPS) is 17.3. The summed E-state index contributed by atoms with van der Waals surface area (Å²) >= 11 is 5.96. The minimum absolute atomic E-state index is 0.0111. The maximum absolute atomic E-state index is 14.6. The molecule has 8 heteroatoms. The largest absolute Gasteiger partial charge is 0.434 e. The highest BCUT2D eigenvalue weighted by Crippen LogP contribution is 2.34. The van der Waals surface area contributed by atoms with Gasteiger partial charge in [-0.25, -0.2) is 4.39 Å². The first-order valence-corrected chi connectivity index (χ1v) is 11.9. The zero-order valence-electron chi connectivity index (χ0n) is 19.2. The highest BCUT2D eigenvalue weighted by Gasteiger charge is 2.29. The summed E-state index contributed by atoms with van der Waals surface area (Å²) < 4.78 is 20.5. The van der Waals surface area contributed by atoms with Crippen LogP contribution in [-0.2, 0) is 24.1 Å². The van der Waals surface area contributed by atoms with Gasteiger partial charge in [0.25, 0.3) is 5.88 Å². The maximum atomic E-state index is 14.6. The summed E-state index contributed by atoms with van der Waals surface area (Å²) in [6.07, 6.45) is 4.51. The van der Waals surface area contributed by atoms with Crippen LogP contribution in [0.3, 0.4) is 0 Å². The van der Waals surface area contributed by atoms with Gasteiger partial charge in [0, 0.05) is 0 Å². The number of aromatic nitrogens is 2. The van der Waals surface area contributed by atoms with Crippen molar-refractivity contribution in [2.24, 2.45) is 5.16 Å². The van der Waals surface area contributed by atoms with Gasteiger partial charge in [-0.1, -0.05) is 46.6 Å². The van der Waals surface area contributed by atoms with Crippen molar-refractivity contribution in [1.29, 1.82) is 0 Å². The van der Waals surface area contributed by atoms with Crippen molar-refractivity contribution in [3.8, 4) is 11.6 Å². The molecule has 1 N–H and O–H groups in total. The number of halogens is 2. The van der Waals surface area contributed by atoms with Crippen LogP contribution in [0.1, 0.15) is 46.4 Å². The fraction of sp³-hybridized carbons (Fsp3) is 0.346. The van der Waals surface area contributed by atoms with Crippen LogP contribution in [0.2, 0.25) is 5.02 Å². The van der Waals surface area contributed by atoms with Gasteiger partial charge in [0.05, 0.1) is 22.3 Å². The van der Waals surface area contributed by atoms with Crippen molar-refractivity contribution in [1.82, 2.24) is 15.5 Å². The summed E-state index contributed by atoms with van der Waals surface area (Å²) in [7, 11) is 0. The summed E-state index contributed by atoms with van der Waals surface area (Å²) in [5.74, 6) is 0.0652. The van der Waals surface area contributed by atoms with E-state index in [1.54, 1.807) is 6.07 Å². The lowest BCUT2D eigenvalue weighted by atomic mass is 9.92. The molecule has 0 saturated carbocycles. The molecule has 0 saturated heterocycles. The Morgan fingerprint density at radius 2 is 2.00 bits per heavy atom. The Morgan fingerprint density at radius 1 is 1.15 bits per heavy atom. The molecule has 34 heavy (non-hydrogen) atoms. The first-order valence-electron chi connectivity index (χ1n) is 11.5. The maximum Gasteiger partial charge on any atom is 0.250 e. The van der Waals surface area contributed by atoms with Gasteiger partial charge in [-0.05, 0) is 74.8 Å². The van der Waals surface area contributed by atoms with Gasteiger partial charge in [0.1, 0.15) is 6.61 Å². The molecule has 3 aromatic rings. The first kappa shape index (κ1) is 22.6. The molecular formula is C26H26ClFN4O2. The summed E-state index contributed by atoms with van der Waals surface area (Å²) in [5, 5.41) is 16.5. The van der Waals surface area contributed by atoms with E-state index in [9.17, 15) is 4.39 Å². The van der Waals surface area contributed by atoms with Crippen molar-refractivity contribution in [2.75, 3.05) is 6.61 Å². The second-order valence-electron chi connectivity index (χ2n) is 8.88. The van der Waals surface area contributed by atoms with Crippen molar-refractivity contribution < 1.29 is 14.0 Å². The van der Waals surface area contributed by atoms with Crippen molar-refractivity contribution in [2.45, 2.75) is 52.0 Å². The fourth-order valence-electron chi connectivity index (χ4n) is 4.56. The lowest BCUT2D eigenvalue weighted by Gasteiger charge is -2.27. The molecular weight excluding hydrogens is 455 g/mol. The van der Waals surface area contributed by atoms with Gasteiger partial charge in [-0.3, -0.25) is 0 Å². The summed E-state index contributed by atoms with van der Waals surface area (Å²) in [6, 6.07) is 11.1. The van der Waals surface area contributed by atoms with Crippen LogP contribution < -0.4 is 10.1 Å². The number of aryl methyl sites for hydroxylation is 3. The molecule has 6 nitrogen and oxygen atoms in total. The predicted molar refractivity (Wildman–Crippen MR) is 129 cm³/mol. The van der Waals surface area contributed by atoms with E-state index in [2.05, 4.69) is 52.7 Å². The highest BCUT2D eigenvalue weighted by molar-refractivity contribution is 6.30. The van der Waals surface area contributed by atoms with Gasteiger partial charge < -0.3 is 14.9 Å². The lowest BCUT2D eigenvalue weighted by molar-refractivity contribution is 0.109. The van der Waals surface area contributed by atoms with Crippen molar-refractivity contribution in [3.63, 3.8) is 0 Å². The van der Waals surface area contributed by atoms with Gasteiger partial charge >= 0.3 is 0 Å². The van der Waals surface area contributed by atoms with E-state index in [4.69, 9.17) is 21.2 Å². The molecule has 0 bridgehead atoms. The molecule has 2 aliphatic rings. The lowest BCUT2D eigenvalue weighted by Crippen LogP contribution is -2.44. The van der Waals surface area contributed by atoms with Crippen LogP contribution in [0.25, 0.3) is 0 Å². The van der Waals surface area contributed by atoms with E-state index in [0.717, 1.165) is 43.4 Å². The smallest absolute Gasteiger partial charge is 0.250 e. The minimum Gasteiger partial charge on any atom is -0.434 e. The van der Waals surface area contributed by atoms with E-state index in [0.29, 0.717) is 18.0 Å². The van der Waals surface area contributed by atoms with Crippen LogP contribution in [0.4, 0.5) is 4.39 Å². The average Bonchev–Trinajstić information content (AvgIpc) is 2.84. The molecule has 1 aliphatic heterocycles. The highest BCUT2D eigenvalue weighted by atomic mass is 35.5. The zero-order valence-corrected chi connectivity index (χ0v) is 20.0. The Kier molecular flexibility index (Phi) is 6.37. The van der Waals surface area contributed by atoms with E-state index in [1.165, 1.54) is 28.8 Å². The van der Waals surface area contributed by atoms with Crippen molar-refractivity contribution >= 4 is 17.4 Å². The van der Waals surface area contributed by atoms with Gasteiger partial charge in [0.15, 0.2) is 17.4 Å². The third-order valence-corrected chi connectivity index (χ3v) is 6.60. The van der Waals surface area contributed by atoms with Crippen LogP contribution in [0.15, 0.2) is 41.6 Å². The summed E-state index contributed by atoms with van der Waals surface area (Å²) in [4.78, 5) is 5.65. The molecule has 0 spiro atoms. The molecule has 1 aromatic heterocycles. The Morgan fingerprint density at radius 3 is 2.85 bits per heavy atom. The number of amidine groups is 1. The molecule has 2 heterocycles. The number of rotatable bonds is 5. The average molecular weight is 481 g/mol. The van der Waals surface area contributed by atoms with E-state index < -0.39 is 5.82 Å². The number of ether oxygens (including phenoxy) is 1. The number of oxime groups is 1. The van der Waals surface area contributed by atoms with Crippen LogP contribution >= 0.6 is 11.6 Å². The SMILES string of the molecule is Cc1ccc(C[C@@H]2CON=C(c3c(Oc4cccc(Cl)c4F)nnc4c3CCCC4)N2)c(C)c1. The van der Waals surface area contributed by atoms with Crippen LogP contribution in [0, 0.1) is 19.7 Å². The number of nitrogens with zero attached hydrogens (tertiary/aromatic N) is 3. The molecule has 1 aliphatic carbocycles. The number of hydrogen-bond donors (Lipinski definition) is 1. The number of hydrogen-bond acceptors (Lipinski definition) is 6.